The molecule has 1 heterocycles. The fourth-order valence-corrected chi connectivity index (χ4v) is 5.14. The third-order valence-corrected chi connectivity index (χ3v) is 8.29. The topological polar surface area (TPSA) is 9.23 Å². The molecule has 0 fully saturated rings. The van der Waals surface area contributed by atoms with Crippen LogP contribution in [0.1, 0.15) is 91.7 Å². The Balaban J connectivity index is 1.71. The van der Waals surface area contributed by atoms with Crippen LogP contribution < -0.4 is 4.74 Å². The van der Waals surface area contributed by atoms with Crippen LogP contribution >= 0.6 is 0 Å². The van der Waals surface area contributed by atoms with Gasteiger partial charge in [0.15, 0.2) is 0 Å². The van der Waals surface area contributed by atoms with E-state index in [9.17, 15) is 0 Å². The first kappa shape index (κ1) is 23.9. The summed E-state index contributed by atoms with van der Waals surface area (Å²) in [6.45, 7) is 16.5. The van der Waals surface area contributed by atoms with Gasteiger partial charge in [-0.2, -0.15) is 0 Å². The summed E-state index contributed by atoms with van der Waals surface area (Å²) < 4.78 is 6.15. The minimum absolute atomic E-state index is 0.280. The lowest BCUT2D eigenvalue weighted by Gasteiger charge is -2.39. The van der Waals surface area contributed by atoms with Crippen molar-refractivity contribution in [3.8, 4) is 5.75 Å². The molecule has 3 atom stereocenters. The monoisotopic (exact) mass is 420 g/mol. The Labute approximate surface area is 191 Å². The van der Waals surface area contributed by atoms with E-state index in [0.29, 0.717) is 17.9 Å². The highest BCUT2D eigenvalue weighted by atomic mass is 16.5. The van der Waals surface area contributed by atoms with E-state index in [4.69, 9.17) is 4.74 Å². The first-order valence-electron chi connectivity index (χ1n) is 12.6. The average Bonchev–Trinajstić information content (AvgIpc) is 2.77. The van der Waals surface area contributed by atoms with Gasteiger partial charge in [-0.15, -0.1) is 0 Å². The number of fused-ring (bicyclic) bond motifs is 1. The van der Waals surface area contributed by atoms with Gasteiger partial charge in [-0.1, -0.05) is 76.1 Å². The highest BCUT2D eigenvalue weighted by Gasteiger charge is 2.33. The van der Waals surface area contributed by atoms with Crippen molar-refractivity contribution in [3.63, 3.8) is 0 Å². The molecule has 1 heteroatoms. The number of rotatable bonds is 8. The number of allylic oxidation sites excluding steroid dienone is 6. The number of aryl methyl sites for hydroxylation is 2. The summed E-state index contributed by atoms with van der Waals surface area (Å²) in [6.07, 6.45) is 15.7. The summed E-state index contributed by atoms with van der Waals surface area (Å²) in [4.78, 5) is 0. The highest BCUT2D eigenvalue weighted by molar-refractivity contribution is 5.39. The Hall–Kier alpha value is -1.76. The van der Waals surface area contributed by atoms with Crippen molar-refractivity contribution in [2.45, 2.75) is 99.5 Å². The lowest BCUT2D eigenvalue weighted by molar-refractivity contribution is 0.141. The van der Waals surface area contributed by atoms with Gasteiger partial charge in [-0.05, 0) is 98.8 Å². The molecule has 2 aliphatic rings. The van der Waals surface area contributed by atoms with E-state index in [-0.39, 0.29) is 5.41 Å². The van der Waals surface area contributed by atoms with Gasteiger partial charge in [0.1, 0.15) is 5.75 Å². The molecule has 0 aromatic heterocycles. The molecule has 170 valence electrons. The lowest BCUT2D eigenvalue weighted by atomic mass is 9.66. The van der Waals surface area contributed by atoms with Gasteiger partial charge < -0.3 is 4.74 Å². The summed E-state index contributed by atoms with van der Waals surface area (Å²) in [5.41, 5.74) is 7.64. The third kappa shape index (κ3) is 5.73. The van der Waals surface area contributed by atoms with Crippen LogP contribution in [0.15, 0.2) is 53.1 Å². The average molecular weight is 421 g/mol. The van der Waals surface area contributed by atoms with Crippen molar-refractivity contribution in [2.75, 3.05) is 0 Å². The number of hydrogen-bond acceptors (Lipinski definition) is 1. The molecule has 1 aromatic rings. The van der Waals surface area contributed by atoms with Gasteiger partial charge in [-0.3, -0.25) is 0 Å². The summed E-state index contributed by atoms with van der Waals surface area (Å²) in [7, 11) is 0. The third-order valence-electron chi connectivity index (χ3n) is 8.29. The van der Waals surface area contributed by atoms with Crippen LogP contribution in [0.25, 0.3) is 0 Å². The molecule has 0 saturated carbocycles. The van der Waals surface area contributed by atoms with Gasteiger partial charge in [0, 0.05) is 0 Å². The van der Waals surface area contributed by atoms with E-state index in [1.807, 2.05) is 0 Å². The van der Waals surface area contributed by atoms with E-state index < -0.39 is 0 Å². The molecule has 0 radical (unpaired) electrons. The van der Waals surface area contributed by atoms with Crippen molar-refractivity contribution in [1.82, 2.24) is 0 Å². The van der Waals surface area contributed by atoms with E-state index in [2.05, 4.69) is 84.9 Å². The minimum atomic E-state index is 0.280. The molecule has 1 aliphatic carbocycles. The Kier molecular flexibility index (Phi) is 7.89. The fraction of sp³-hybridized carbons (Fsp3) is 0.600. The second-order valence-corrected chi connectivity index (χ2v) is 10.6. The van der Waals surface area contributed by atoms with E-state index in [1.54, 1.807) is 0 Å². The highest BCUT2D eigenvalue weighted by Crippen LogP contribution is 2.42. The van der Waals surface area contributed by atoms with Gasteiger partial charge in [0.2, 0.25) is 0 Å². The molecule has 31 heavy (non-hydrogen) atoms. The van der Waals surface area contributed by atoms with Crippen LogP contribution in [0.2, 0.25) is 0 Å². The van der Waals surface area contributed by atoms with E-state index in [1.165, 1.54) is 47.1 Å². The van der Waals surface area contributed by atoms with Gasteiger partial charge in [0.25, 0.3) is 0 Å². The van der Waals surface area contributed by atoms with E-state index in [0.717, 1.165) is 31.4 Å². The predicted octanol–water partition coefficient (Wildman–Crippen LogP) is 8.63. The summed E-state index contributed by atoms with van der Waals surface area (Å²) in [5.74, 6) is 2.30. The normalized spacial score (nSPS) is 22.2. The lowest BCUT2D eigenvalue weighted by Crippen LogP contribution is -2.31. The smallest absolute Gasteiger partial charge is 0.122 e. The van der Waals surface area contributed by atoms with Crippen LogP contribution in [0.3, 0.4) is 0 Å². The fourth-order valence-electron chi connectivity index (χ4n) is 5.14. The number of hydrogen-bond donors (Lipinski definition) is 0. The van der Waals surface area contributed by atoms with Gasteiger partial charge in [-0.25, -0.2) is 0 Å². The molecule has 0 saturated heterocycles. The van der Waals surface area contributed by atoms with Crippen LogP contribution in [-0.4, -0.2) is 6.10 Å². The Bertz CT molecular complexity index is 853. The number of benzene rings is 1. The largest absolute Gasteiger partial charge is 0.490 e. The molecule has 3 rings (SSSR count). The Morgan fingerprint density at radius 2 is 1.94 bits per heavy atom. The first-order chi connectivity index (χ1) is 14.7. The van der Waals surface area contributed by atoms with Crippen LogP contribution in [-0.2, 0) is 12.8 Å². The summed E-state index contributed by atoms with van der Waals surface area (Å²) in [6, 6.07) is 6.93. The maximum atomic E-state index is 6.15. The molecule has 3 unspecified atom stereocenters. The zero-order valence-electron chi connectivity index (χ0n) is 21.1. The number of ether oxygens (including phenoxy) is 1. The minimum Gasteiger partial charge on any atom is -0.490 e. The van der Waals surface area contributed by atoms with Crippen molar-refractivity contribution in [3.05, 3.63) is 64.3 Å². The molecule has 0 spiro atoms. The van der Waals surface area contributed by atoms with Crippen LogP contribution in [0, 0.1) is 17.3 Å². The quantitative estimate of drug-likeness (QED) is 0.409. The van der Waals surface area contributed by atoms with E-state index >= 15 is 0 Å². The second-order valence-electron chi connectivity index (χ2n) is 10.6. The zero-order valence-corrected chi connectivity index (χ0v) is 21.1. The molecular weight excluding hydrogens is 376 g/mol. The van der Waals surface area contributed by atoms with Crippen molar-refractivity contribution >= 4 is 0 Å². The van der Waals surface area contributed by atoms with Gasteiger partial charge in [0.05, 0.1) is 6.10 Å². The Morgan fingerprint density at radius 3 is 2.58 bits per heavy atom. The summed E-state index contributed by atoms with van der Waals surface area (Å²) in [5, 5.41) is 0. The molecule has 0 N–H and O–H groups in total. The zero-order chi connectivity index (χ0) is 22.6. The molecule has 1 nitrogen and oxygen atoms in total. The maximum absolute atomic E-state index is 6.15. The Morgan fingerprint density at radius 1 is 1.16 bits per heavy atom. The molecule has 0 amide bonds. The molecule has 1 aromatic carbocycles. The predicted molar refractivity (Wildman–Crippen MR) is 135 cm³/mol. The SMILES string of the molecule is CCC1CCc2cc(CCC(C)(C(C)C)C(C)/C=C(\C)C3=CC=C(C)CC3)ccc2O1. The molecule has 1 aliphatic heterocycles. The van der Waals surface area contributed by atoms with Crippen LogP contribution in [0.5, 0.6) is 5.75 Å². The second kappa shape index (κ2) is 10.2. The van der Waals surface area contributed by atoms with Crippen LogP contribution in [0.4, 0.5) is 0 Å². The van der Waals surface area contributed by atoms with Crippen molar-refractivity contribution in [2.24, 2.45) is 17.3 Å². The van der Waals surface area contributed by atoms with Gasteiger partial charge >= 0.3 is 0 Å². The molecular formula is C30H44O. The van der Waals surface area contributed by atoms with Crippen molar-refractivity contribution < 1.29 is 4.74 Å². The first-order valence-corrected chi connectivity index (χ1v) is 12.6. The maximum Gasteiger partial charge on any atom is 0.122 e. The molecule has 0 bridgehead atoms. The standard InChI is InChI=1S/C30H44O/c1-8-28-15-14-27-20-25(11-16-29(27)31-28)17-18-30(7,21(2)3)24(6)19-23(5)26-12-9-22(4)10-13-26/h9,11-12,16,19-21,24,28H,8,10,13-15,17-18H2,1-7H3/b23-19+. The summed E-state index contributed by atoms with van der Waals surface area (Å²) >= 11 is 0. The van der Waals surface area contributed by atoms with Crippen molar-refractivity contribution in [1.29, 1.82) is 0 Å².